The molecular weight excluding hydrogens is 492 g/mol. The smallest absolute Gasteiger partial charge is 0.258 e. The number of nitrogens with zero attached hydrogens (tertiary/aromatic N) is 2. The zero-order chi connectivity index (χ0) is 26.6. The molecule has 2 aromatic heterocycles. The van der Waals surface area contributed by atoms with Gasteiger partial charge in [0.25, 0.3) is 5.56 Å². The average molecular weight is 522 g/mol. The van der Waals surface area contributed by atoms with E-state index in [4.69, 9.17) is 14.5 Å². The van der Waals surface area contributed by atoms with Crippen molar-refractivity contribution in [1.82, 2.24) is 20.3 Å². The number of ether oxygens (including phenoxy) is 2. The van der Waals surface area contributed by atoms with Gasteiger partial charge in [-0.05, 0) is 61.7 Å². The molecule has 0 amide bonds. The average Bonchev–Trinajstić information content (AvgIpc) is 2.92. The summed E-state index contributed by atoms with van der Waals surface area (Å²) in [5.74, 6) is 0.481. The molecule has 1 aliphatic rings. The van der Waals surface area contributed by atoms with E-state index in [1.165, 1.54) is 19.2 Å². The Labute approximate surface area is 218 Å². The first-order chi connectivity index (χ1) is 18.4. The summed E-state index contributed by atoms with van der Waals surface area (Å²) in [5.41, 5.74) is 2.36. The fourth-order valence-corrected chi connectivity index (χ4v) is 4.82. The molecule has 2 aromatic carbocycles. The fourth-order valence-electron chi connectivity index (χ4n) is 4.82. The number of hydrogen-bond donors (Lipinski definition) is 3. The lowest BCUT2D eigenvalue weighted by Crippen LogP contribution is -2.33. The van der Waals surface area contributed by atoms with Crippen molar-refractivity contribution >= 4 is 16.6 Å². The Balaban J connectivity index is 1.47. The second-order valence-electron chi connectivity index (χ2n) is 9.38. The van der Waals surface area contributed by atoms with Crippen LogP contribution in [-0.2, 0) is 6.42 Å². The molecule has 0 saturated carbocycles. The van der Waals surface area contributed by atoms with Crippen LogP contribution in [0, 0.1) is 17.6 Å². The van der Waals surface area contributed by atoms with Gasteiger partial charge in [0, 0.05) is 30.8 Å². The molecule has 198 valence electrons. The third kappa shape index (κ3) is 5.45. The number of anilines is 1. The molecule has 1 atom stereocenters. The van der Waals surface area contributed by atoms with Gasteiger partial charge in [-0.15, -0.1) is 0 Å². The molecule has 1 fully saturated rings. The standard InChI is InChI=1S/C28H29F2N5O3/c1-37-23-12-21-25(26(27(23)38-2)33-15-17-4-3-7-31-13-17)34-24(35-28(21)36)8-16-5-6-22(32-14-16)18-9-19(29)11-20(30)10-18/h5-6,9-12,14,17,31,33H,3-4,7-8,13,15H2,1-2H3,(H,34,35,36). The van der Waals surface area contributed by atoms with E-state index in [-0.39, 0.29) is 5.56 Å². The Bertz CT molecular complexity index is 1480. The van der Waals surface area contributed by atoms with Crippen molar-refractivity contribution < 1.29 is 18.3 Å². The van der Waals surface area contributed by atoms with Crippen LogP contribution in [0.25, 0.3) is 22.2 Å². The largest absolute Gasteiger partial charge is 0.493 e. The Morgan fingerprint density at radius 3 is 2.58 bits per heavy atom. The Morgan fingerprint density at radius 1 is 1.11 bits per heavy atom. The second-order valence-corrected chi connectivity index (χ2v) is 9.38. The van der Waals surface area contributed by atoms with E-state index < -0.39 is 11.6 Å². The number of pyridine rings is 1. The number of nitrogens with one attached hydrogen (secondary N) is 3. The van der Waals surface area contributed by atoms with Gasteiger partial charge in [0.05, 0.1) is 25.3 Å². The molecule has 5 rings (SSSR count). The number of H-pyrrole nitrogens is 1. The quantitative estimate of drug-likeness (QED) is 0.318. The zero-order valence-electron chi connectivity index (χ0n) is 21.2. The van der Waals surface area contributed by atoms with E-state index in [1.54, 1.807) is 31.5 Å². The van der Waals surface area contributed by atoms with Crippen molar-refractivity contribution in [3.63, 3.8) is 0 Å². The van der Waals surface area contributed by atoms with Crippen molar-refractivity contribution in [3.8, 4) is 22.8 Å². The molecular formula is C28H29F2N5O3. The van der Waals surface area contributed by atoms with Crippen LogP contribution in [0.4, 0.5) is 14.5 Å². The summed E-state index contributed by atoms with van der Waals surface area (Å²) in [6, 6.07) is 8.38. The van der Waals surface area contributed by atoms with Crippen molar-refractivity contribution in [2.45, 2.75) is 19.3 Å². The molecule has 1 unspecified atom stereocenters. The van der Waals surface area contributed by atoms with Crippen LogP contribution in [0.3, 0.4) is 0 Å². The first kappa shape index (κ1) is 25.6. The number of benzene rings is 2. The van der Waals surface area contributed by atoms with E-state index >= 15 is 0 Å². The van der Waals surface area contributed by atoms with Gasteiger partial charge in [0.1, 0.15) is 28.7 Å². The molecule has 0 radical (unpaired) electrons. The normalized spacial score (nSPS) is 15.4. The first-order valence-corrected chi connectivity index (χ1v) is 12.5. The number of aromatic nitrogens is 3. The SMILES string of the molecule is COc1cc2c(=O)[nH]c(Cc3ccc(-c4cc(F)cc(F)c4)nc3)nc2c(NCC2CCCNC2)c1OC. The highest BCUT2D eigenvalue weighted by Crippen LogP contribution is 2.40. The van der Waals surface area contributed by atoms with Crippen molar-refractivity contribution in [3.05, 3.63) is 76.0 Å². The lowest BCUT2D eigenvalue weighted by Gasteiger charge is -2.24. The van der Waals surface area contributed by atoms with Gasteiger partial charge in [-0.2, -0.15) is 0 Å². The maximum atomic E-state index is 13.6. The lowest BCUT2D eigenvalue weighted by atomic mass is 9.99. The summed E-state index contributed by atoms with van der Waals surface area (Å²) < 4.78 is 38.4. The summed E-state index contributed by atoms with van der Waals surface area (Å²) in [4.78, 5) is 25.1. The van der Waals surface area contributed by atoms with Gasteiger partial charge in [0.15, 0.2) is 11.5 Å². The predicted octanol–water partition coefficient (Wildman–Crippen LogP) is 4.28. The number of hydrogen-bond acceptors (Lipinski definition) is 7. The van der Waals surface area contributed by atoms with E-state index in [9.17, 15) is 13.6 Å². The van der Waals surface area contributed by atoms with Gasteiger partial charge in [-0.25, -0.2) is 13.8 Å². The van der Waals surface area contributed by atoms with Gasteiger partial charge >= 0.3 is 0 Å². The summed E-state index contributed by atoms with van der Waals surface area (Å²) in [7, 11) is 3.09. The number of fused-ring (bicyclic) bond motifs is 1. The van der Waals surface area contributed by atoms with E-state index in [0.717, 1.165) is 37.6 Å². The monoisotopic (exact) mass is 521 g/mol. The third-order valence-corrected chi connectivity index (χ3v) is 6.71. The van der Waals surface area contributed by atoms with Crippen molar-refractivity contribution in [2.24, 2.45) is 5.92 Å². The van der Waals surface area contributed by atoms with Gasteiger partial charge in [-0.3, -0.25) is 9.78 Å². The number of halogens is 2. The van der Waals surface area contributed by atoms with Gasteiger partial charge in [0.2, 0.25) is 0 Å². The predicted molar refractivity (Wildman–Crippen MR) is 142 cm³/mol. The minimum Gasteiger partial charge on any atom is -0.493 e. The number of piperidine rings is 1. The highest BCUT2D eigenvalue weighted by atomic mass is 19.1. The second kappa shape index (κ2) is 11.1. The zero-order valence-corrected chi connectivity index (χ0v) is 21.2. The highest BCUT2D eigenvalue weighted by molar-refractivity contribution is 5.95. The molecule has 1 aliphatic heterocycles. The first-order valence-electron chi connectivity index (χ1n) is 12.5. The topological polar surface area (TPSA) is 101 Å². The maximum Gasteiger partial charge on any atom is 0.258 e. The van der Waals surface area contributed by atoms with Crippen LogP contribution in [0.2, 0.25) is 0 Å². The van der Waals surface area contributed by atoms with Gasteiger partial charge in [-0.1, -0.05) is 6.07 Å². The van der Waals surface area contributed by atoms with Crippen molar-refractivity contribution in [1.29, 1.82) is 0 Å². The molecule has 1 saturated heterocycles. The van der Waals surface area contributed by atoms with Crippen LogP contribution < -0.4 is 25.7 Å². The number of rotatable bonds is 8. The van der Waals surface area contributed by atoms with E-state index in [2.05, 4.69) is 20.6 Å². The molecule has 10 heteroatoms. The molecule has 8 nitrogen and oxygen atoms in total. The Hall–Kier alpha value is -4.05. The van der Waals surface area contributed by atoms with Crippen LogP contribution >= 0.6 is 0 Å². The molecule has 0 aliphatic carbocycles. The summed E-state index contributed by atoms with van der Waals surface area (Å²) >= 11 is 0. The van der Waals surface area contributed by atoms with Crippen LogP contribution in [-0.4, -0.2) is 48.8 Å². The molecule has 4 aromatic rings. The number of aromatic amines is 1. The molecule has 3 heterocycles. The third-order valence-electron chi connectivity index (χ3n) is 6.71. The van der Waals surface area contributed by atoms with Crippen LogP contribution in [0.1, 0.15) is 24.2 Å². The molecule has 3 N–H and O–H groups in total. The molecule has 0 spiro atoms. The lowest BCUT2D eigenvalue weighted by molar-refractivity contribution is 0.356. The summed E-state index contributed by atoms with van der Waals surface area (Å²) in [5, 5.41) is 7.27. The summed E-state index contributed by atoms with van der Waals surface area (Å²) in [6.45, 7) is 2.64. The minimum atomic E-state index is -0.667. The summed E-state index contributed by atoms with van der Waals surface area (Å²) in [6.07, 6.45) is 4.13. The van der Waals surface area contributed by atoms with Crippen LogP contribution in [0.5, 0.6) is 11.5 Å². The Morgan fingerprint density at radius 2 is 1.92 bits per heavy atom. The van der Waals surface area contributed by atoms with Gasteiger partial charge < -0.3 is 25.1 Å². The number of methoxy groups -OCH3 is 2. The fraction of sp³-hybridized carbons (Fsp3) is 0.321. The van der Waals surface area contributed by atoms with Crippen LogP contribution in [0.15, 0.2) is 47.4 Å². The van der Waals surface area contributed by atoms with E-state index in [0.29, 0.717) is 64.1 Å². The Kier molecular flexibility index (Phi) is 7.50. The molecule has 38 heavy (non-hydrogen) atoms. The minimum absolute atomic E-state index is 0.298. The van der Waals surface area contributed by atoms with E-state index in [1.807, 2.05) is 0 Å². The van der Waals surface area contributed by atoms with Crippen molar-refractivity contribution in [2.75, 3.05) is 39.2 Å². The highest BCUT2D eigenvalue weighted by Gasteiger charge is 2.21. The maximum absolute atomic E-state index is 13.6. The molecule has 0 bridgehead atoms.